The van der Waals surface area contributed by atoms with Crippen LogP contribution >= 0.6 is 0 Å². The van der Waals surface area contributed by atoms with Crippen molar-refractivity contribution < 1.29 is 19.4 Å². The van der Waals surface area contributed by atoms with Crippen LogP contribution in [-0.4, -0.2) is 35.2 Å². The Hall–Kier alpha value is -2.04. The van der Waals surface area contributed by atoms with E-state index in [1.165, 1.54) is 4.90 Å². The second-order valence-electron chi connectivity index (χ2n) is 4.87. The molecule has 1 saturated heterocycles. The first-order valence-electron chi connectivity index (χ1n) is 6.26. The number of carboxylic acid groups (broad SMARTS) is 1. The van der Waals surface area contributed by atoms with Gasteiger partial charge in [0.1, 0.15) is 6.61 Å². The lowest BCUT2D eigenvalue weighted by atomic mass is 9.99. The Labute approximate surface area is 111 Å². The van der Waals surface area contributed by atoms with Crippen LogP contribution in [0.1, 0.15) is 12.5 Å². The van der Waals surface area contributed by atoms with Crippen LogP contribution in [0.5, 0.6) is 0 Å². The zero-order valence-electron chi connectivity index (χ0n) is 10.8. The molecule has 0 bridgehead atoms. The largest absolute Gasteiger partial charge is 0.481 e. The van der Waals surface area contributed by atoms with Crippen LogP contribution in [0, 0.1) is 11.8 Å². The highest BCUT2D eigenvalue weighted by Gasteiger charge is 2.37. The number of nitrogens with zero attached hydrogens (tertiary/aromatic N) is 1. The summed E-state index contributed by atoms with van der Waals surface area (Å²) in [4.78, 5) is 24.3. The van der Waals surface area contributed by atoms with Crippen molar-refractivity contribution in [3.8, 4) is 0 Å². The molecule has 1 aromatic carbocycles. The highest BCUT2D eigenvalue weighted by Crippen LogP contribution is 2.23. The molecule has 0 saturated carbocycles. The van der Waals surface area contributed by atoms with E-state index in [-0.39, 0.29) is 19.1 Å². The number of likely N-dealkylation sites (tertiary alicyclic amines) is 1. The Morgan fingerprint density at radius 1 is 1.32 bits per heavy atom. The van der Waals surface area contributed by atoms with Crippen molar-refractivity contribution in [1.82, 2.24) is 4.90 Å². The second-order valence-corrected chi connectivity index (χ2v) is 4.87. The molecule has 0 spiro atoms. The molecule has 1 fully saturated rings. The molecule has 2 atom stereocenters. The van der Waals surface area contributed by atoms with Gasteiger partial charge in [-0.25, -0.2) is 4.79 Å². The van der Waals surface area contributed by atoms with Crippen LogP contribution < -0.4 is 0 Å². The molecule has 5 heteroatoms. The van der Waals surface area contributed by atoms with Crippen molar-refractivity contribution in [1.29, 1.82) is 0 Å². The fourth-order valence-corrected chi connectivity index (χ4v) is 2.25. The maximum atomic E-state index is 11.8. The van der Waals surface area contributed by atoms with Crippen LogP contribution in [0.15, 0.2) is 30.3 Å². The standard InChI is InChI=1S/C14H17NO4/c1-10-7-15(8-12(10)13(16)17)14(18)19-9-11-5-3-2-4-6-11/h2-6,10,12H,7-9H2,1H3,(H,16,17)/t10-,12+/m0/s1. The molecule has 19 heavy (non-hydrogen) atoms. The maximum absolute atomic E-state index is 11.8. The highest BCUT2D eigenvalue weighted by atomic mass is 16.6. The van der Waals surface area contributed by atoms with Gasteiger partial charge in [0.05, 0.1) is 5.92 Å². The lowest BCUT2D eigenvalue weighted by Gasteiger charge is -2.15. The molecular weight excluding hydrogens is 246 g/mol. The SMILES string of the molecule is C[C@H]1CN(C(=O)OCc2ccccc2)C[C@H]1C(=O)O. The molecule has 2 rings (SSSR count). The van der Waals surface area contributed by atoms with E-state index in [1.54, 1.807) is 0 Å². The fourth-order valence-electron chi connectivity index (χ4n) is 2.25. The number of hydrogen-bond donors (Lipinski definition) is 1. The summed E-state index contributed by atoms with van der Waals surface area (Å²) in [5.41, 5.74) is 0.915. The number of aliphatic carboxylic acids is 1. The van der Waals surface area contributed by atoms with Crippen molar-refractivity contribution in [2.45, 2.75) is 13.5 Å². The van der Waals surface area contributed by atoms with Crippen molar-refractivity contribution in [3.05, 3.63) is 35.9 Å². The molecule has 0 radical (unpaired) electrons. The third-order valence-electron chi connectivity index (χ3n) is 3.39. The van der Waals surface area contributed by atoms with Crippen molar-refractivity contribution in [3.63, 3.8) is 0 Å². The average molecular weight is 263 g/mol. The van der Waals surface area contributed by atoms with Gasteiger partial charge in [0.15, 0.2) is 0 Å². The van der Waals surface area contributed by atoms with E-state index in [0.717, 1.165) is 5.56 Å². The van der Waals surface area contributed by atoms with Gasteiger partial charge in [0.25, 0.3) is 0 Å². The van der Waals surface area contributed by atoms with Gasteiger partial charge in [0.2, 0.25) is 0 Å². The second kappa shape index (κ2) is 5.73. The molecule has 1 aliphatic rings. The molecule has 0 unspecified atom stereocenters. The molecule has 5 nitrogen and oxygen atoms in total. The number of rotatable bonds is 3. The minimum absolute atomic E-state index is 0.0400. The van der Waals surface area contributed by atoms with Crippen molar-refractivity contribution >= 4 is 12.1 Å². The lowest BCUT2D eigenvalue weighted by molar-refractivity contribution is -0.142. The molecule has 1 amide bonds. The van der Waals surface area contributed by atoms with Gasteiger partial charge < -0.3 is 14.7 Å². The van der Waals surface area contributed by atoms with E-state index in [2.05, 4.69) is 0 Å². The topological polar surface area (TPSA) is 66.8 Å². The van der Waals surface area contributed by atoms with Crippen LogP contribution in [0.3, 0.4) is 0 Å². The van der Waals surface area contributed by atoms with Gasteiger partial charge >= 0.3 is 12.1 Å². The van der Waals surface area contributed by atoms with E-state index in [4.69, 9.17) is 9.84 Å². The Morgan fingerprint density at radius 3 is 2.58 bits per heavy atom. The molecule has 1 N–H and O–H groups in total. The van der Waals surface area contributed by atoms with E-state index >= 15 is 0 Å². The van der Waals surface area contributed by atoms with Gasteiger partial charge in [0, 0.05) is 13.1 Å². The van der Waals surface area contributed by atoms with Crippen molar-refractivity contribution in [2.24, 2.45) is 11.8 Å². The molecule has 1 aromatic rings. The highest BCUT2D eigenvalue weighted by molar-refractivity contribution is 5.74. The summed E-state index contributed by atoms with van der Waals surface area (Å²) in [5, 5.41) is 9.01. The molecule has 1 heterocycles. The van der Waals surface area contributed by atoms with E-state index < -0.39 is 18.0 Å². The Bertz CT molecular complexity index is 460. The summed E-state index contributed by atoms with van der Waals surface area (Å²) < 4.78 is 5.18. The minimum Gasteiger partial charge on any atom is -0.481 e. The number of amides is 1. The maximum Gasteiger partial charge on any atom is 0.410 e. The fraction of sp³-hybridized carbons (Fsp3) is 0.429. The van der Waals surface area contributed by atoms with E-state index in [0.29, 0.717) is 6.54 Å². The first kappa shape index (κ1) is 13.4. The Morgan fingerprint density at radius 2 is 2.00 bits per heavy atom. The predicted molar refractivity (Wildman–Crippen MR) is 68.5 cm³/mol. The Kier molecular flexibility index (Phi) is 4.04. The summed E-state index contributed by atoms with van der Waals surface area (Å²) >= 11 is 0. The summed E-state index contributed by atoms with van der Waals surface area (Å²) in [6.07, 6.45) is -0.445. The zero-order chi connectivity index (χ0) is 13.8. The van der Waals surface area contributed by atoms with Crippen LogP contribution in [0.25, 0.3) is 0 Å². The van der Waals surface area contributed by atoms with E-state index in [9.17, 15) is 9.59 Å². The Balaban J connectivity index is 1.86. The number of carboxylic acids is 1. The van der Waals surface area contributed by atoms with Gasteiger partial charge in [-0.15, -0.1) is 0 Å². The van der Waals surface area contributed by atoms with Crippen LogP contribution in [0.2, 0.25) is 0 Å². The van der Waals surface area contributed by atoms with Gasteiger partial charge in [-0.2, -0.15) is 0 Å². The number of hydrogen-bond acceptors (Lipinski definition) is 3. The first-order chi connectivity index (χ1) is 9.08. The number of carbonyl (C=O) groups excluding carboxylic acids is 1. The van der Waals surface area contributed by atoms with Gasteiger partial charge in [-0.05, 0) is 11.5 Å². The number of carbonyl (C=O) groups is 2. The molecule has 0 aliphatic carbocycles. The minimum atomic E-state index is -0.856. The number of ether oxygens (including phenoxy) is 1. The third-order valence-corrected chi connectivity index (χ3v) is 3.39. The summed E-state index contributed by atoms with van der Waals surface area (Å²) in [6, 6.07) is 9.40. The zero-order valence-corrected chi connectivity index (χ0v) is 10.8. The van der Waals surface area contributed by atoms with Crippen LogP contribution in [-0.2, 0) is 16.1 Å². The van der Waals surface area contributed by atoms with Crippen molar-refractivity contribution in [2.75, 3.05) is 13.1 Å². The average Bonchev–Trinajstić information content (AvgIpc) is 2.79. The first-order valence-corrected chi connectivity index (χ1v) is 6.26. The normalized spacial score (nSPS) is 22.3. The van der Waals surface area contributed by atoms with E-state index in [1.807, 2.05) is 37.3 Å². The molecule has 0 aromatic heterocycles. The lowest BCUT2D eigenvalue weighted by Crippen LogP contribution is -2.30. The summed E-state index contributed by atoms with van der Waals surface area (Å²) in [6.45, 7) is 2.71. The number of benzene rings is 1. The smallest absolute Gasteiger partial charge is 0.410 e. The summed E-state index contributed by atoms with van der Waals surface area (Å²) in [5.74, 6) is -1.39. The summed E-state index contributed by atoms with van der Waals surface area (Å²) in [7, 11) is 0. The quantitative estimate of drug-likeness (QED) is 0.905. The molecule has 102 valence electrons. The monoisotopic (exact) mass is 263 g/mol. The molecular formula is C14H17NO4. The third kappa shape index (κ3) is 3.24. The van der Waals surface area contributed by atoms with Gasteiger partial charge in [-0.3, -0.25) is 4.79 Å². The van der Waals surface area contributed by atoms with Crippen LogP contribution in [0.4, 0.5) is 4.79 Å². The predicted octanol–water partition coefficient (Wildman–Crippen LogP) is 1.98. The molecule has 1 aliphatic heterocycles. The van der Waals surface area contributed by atoms with Gasteiger partial charge in [-0.1, -0.05) is 37.3 Å².